The molecule has 0 amide bonds. The van der Waals surface area contributed by atoms with Crippen LogP contribution in [0.3, 0.4) is 0 Å². The van der Waals surface area contributed by atoms with Gasteiger partial charge in [-0.15, -0.1) is 0 Å². The van der Waals surface area contributed by atoms with Crippen molar-refractivity contribution in [3.8, 4) is 0 Å². The van der Waals surface area contributed by atoms with Crippen LogP contribution in [-0.4, -0.2) is 30.2 Å². The quantitative estimate of drug-likeness (QED) is 0.596. The first-order chi connectivity index (χ1) is 8.20. The van der Waals surface area contributed by atoms with Gasteiger partial charge in [-0.05, 0) is 37.2 Å². The normalized spacial score (nSPS) is 62.0. The molecule has 90 valence electrons. The highest BCUT2D eigenvalue weighted by atomic mass is 16.6. The highest BCUT2D eigenvalue weighted by Gasteiger charge is 2.69. The number of ether oxygens (including phenoxy) is 2. The SMILES string of the molecule is O=C1C=CC23C[C@@H]4O[C@@H]4CC2(C1)C[C@H]1O[C@H]1C3. The van der Waals surface area contributed by atoms with Gasteiger partial charge in [-0.1, -0.05) is 6.08 Å². The van der Waals surface area contributed by atoms with Crippen LogP contribution in [0.1, 0.15) is 32.1 Å². The van der Waals surface area contributed by atoms with Gasteiger partial charge in [0.25, 0.3) is 0 Å². The summed E-state index contributed by atoms with van der Waals surface area (Å²) in [6, 6.07) is 0. The molecule has 0 aromatic carbocycles. The number of ketones is 1. The Morgan fingerprint density at radius 1 is 1.00 bits per heavy atom. The van der Waals surface area contributed by atoms with Crippen LogP contribution in [0.2, 0.25) is 0 Å². The van der Waals surface area contributed by atoms with Gasteiger partial charge in [0, 0.05) is 11.8 Å². The van der Waals surface area contributed by atoms with E-state index in [9.17, 15) is 4.79 Å². The van der Waals surface area contributed by atoms with Crippen LogP contribution in [0.5, 0.6) is 0 Å². The van der Waals surface area contributed by atoms with Crippen molar-refractivity contribution < 1.29 is 14.3 Å². The molecule has 4 atom stereocenters. The zero-order valence-corrected chi connectivity index (χ0v) is 9.72. The first-order valence-electron chi connectivity index (χ1n) is 6.73. The third-order valence-corrected chi connectivity index (χ3v) is 5.85. The Bertz CT molecular complexity index is 430. The van der Waals surface area contributed by atoms with Gasteiger partial charge in [0.2, 0.25) is 0 Å². The third kappa shape index (κ3) is 1.03. The molecule has 2 saturated carbocycles. The number of epoxide rings is 2. The Kier molecular flexibility index (Phi) is 1.38. The first kappa shape index (κ1) is 9.29. The average molecular weight is 232 g/mol. The van der Waals surface area contributed by atoms with Gasteiger partial charge in [-0.3, -0.25) is 4.79 Å². The van der Waals surface area contributed by atoms with E-state index in [2.05, 4.69) is 6.08 Å². The predicted octanol–water partition coefficient (Wildman–Crippen LogP) is 1.61. The van der Waals surface area contributed by atoms with Crippen LogP contribution >= 0.6 is 0 Å². The fraction of sp³-hybridized carbons (Fsp3) is 0.786. The zero-order valence-electron chi connectivity index (χ0n) is 9.72. The largest absolute Gasteiger partial charge is 0.370 e. The van der Waals surface area contributed by atoms with E-state index < -0.39 is 0 Å². The fourth-order valence-electron chi connectivity index (χ4n) is 4.85. The number of fused-ring (bicyclic) bond motifs is 2. The molecule has 3 heteroatoms. The van der Waals surface area contributed by atoms with Gasteiger partial charge in [0.15, 0.2) is 5.78 Å². The van der Waals surface area contributed by atoms with Gasteiger partial charge in [0.05, 0.1) is 24.4 Å². The Labute approximate surface area is 100 Å². The monoisotopic (exact) mass is 232 g/mol. The lowest BCUT2D eigenvalue weighted by molar-refractivity contribution is -0.123. The Morgan fingerprint density at radius 3 is 2.24 bits per heavy atom. The molecule has 3 aliphatic carbocycles. The molecule has 2 heterocycles. The van der Waals surface area contributed by atoms with Crippen molar-refractivity contribution in [1.29, 1.82) is 0 Å². The second-order valence-corrected chi connectivity index (χ2v) is 6.66. The van der Waals surface area contributed by atoms with Crippen molar-refractivity contribution in [3.05, 3.63) is 12.2 Å². The number of carbonyl (C=O) groups is 1. The maximum Gasteiger partial charge on any atom is 0.155 e. The van der Waals surface area contributed by atoms with Crippen LogP contribution in [-0.2, 0) is 14.3 Å². The van der Waals surface area contributed by atoms with E-state index >= 15 is 0 Å². The lowest BCUT2D eigenvalue weighted by Crippen LogP contribution is -2.52. The fourth-order valence-corrected chi connectivity index (χ4v) is 4.85. The topological polar surface area (TPSA) is 42.1 Å². The van der Waals surface area contributed by atoms with Crippen molar-refractivity contribution in [2.24, 2.45) is 10.8 Å². The molecule has 5 rings (SSSR count). The second kappa shape index (κ2) is 2.52. The van der Waals surface area contributed by atoms with Crippen LogP contribution in [0.15, 0.2) is 12.2 Å². The van der Waals surface area contributed by atoms with Crippen molar-refractivity contribution in [2.45, 2.75) is 56.5 Å². The summed E-state index contributed by atoms with van der Waals surface area (Å²) in [6.07, 6.45) is 11.0. The molecule has 0 N–H and O–H groups in total. The highest BCUT2D eigenvalue weighted by Crippen LogP contribution is 2.69. The summed E-state index contributed by atoms with van der Waals surface area (Å²) in [7, 11) is 0. The minimum atomic E-state index is 0.161. The van der Waals surface area contributed by atoms with E-state index in [0.29, 0.717) is 30.2 Å². The zero-order chi connectivity index (χ0) is 11.3. The molecule has 3 nitrogen and oxygen atoms in total. The lowest BCUT2D eigenvalue weighted by atomic mass is 9.47. The molecule has 5 aliphatic rings. The third-order valence-electron chi connectivity index (χ3n) is 5.85. The molecule has 0 aromatic rings. The van der Waals surface area contributed by atoms with Crippen LogP contribution < -0.4 is 0 Å². The van der Waals surface area contributed by atoms with E-state index in [1.54, 1.807) is 0 Å². The number of hydrogen-bond acceptors (Lipinski definition) is 3. The molecule has 2 saturated heterocycles. The smallest absolute Gasteiger partial charge is 0.155 e. The molecule has 0 bridgehead atoms. The standard InChI is InChI=1S/C14H16O3/c15-8-1-2-13-4-9-11(16-9)6-14(13,3-8)7-12-10(5-13)17-12/h1-2,9-12H,3-7H2/t9-,10-,11+,12+,13?,14?/m0/s1. The molecule has 17 heavy (non-hydrogen) atoms. The number of rotatable bonds is 0. The van der Waals surface area contributed by atoms with Gasteiger partial charge >= 0.3 is 0 Å². The molecule has 4 fully saturated rings. The average Bonchev–Trinajstić information content (AvgIpc) is 3.15. The van der Waals surface area contributed by atoms with Crippen LogP contribution in [0, 0.1) is 10.8 Å². The molecular formula is C14H16O3. The maximum atomic E-state index is 11.8. The molecule has 2 aliphatic heterocycles. The minimum Gasteiger partial charge on any atom is -0.370 e. The summed E-state index contributed by atoms with van der Waals surface area (Å²) < 4.78 is 11.5. The Morgan fingerprint density at radius 2 is 1.59 bits per heavy atom. The van der Waals surface area contributed by atoms with Crippen molar-refractivity contribution in [2.75, 3.05) is 0 Å². The van der Waals surface area contributed by atoms with E-state index in [4.69, 9.17) is 9.47 Å². The van der Waals surface area contributed by atoms with Crippen LogP contribution in [0.25, 0.3) is 0 Å². The predicted molar refractivity (Wildman–Crippen MR) is 59.4 cm³/mol. The summed E-state index contributed by atoms with van der Waals surface area (Å²) >= 11 is 0. The minimum absolute atomic E-state index is 0.161. The van der Waals surface area contributed by atoms with E-state index in [0.717, 1.165) is 32.1 Å². The van der Waals surface area contributed by atoms with Crippen LogP contribution in [0.4, 0.5) is 0 Å². The van der Waals surface area contributed by atoms with Crippen molar-refractivity contribution in [3.63, 3.8) is 0 Å². The Hall–Kier alpha value is -0.670. The number of allylic oxidation sites excluding steroid dienone is 2. The summed E-state index contributed by atoms with van der Waals surface area (Å²) in [5.41, 5.74) is 0.365. The molecule has 0 aromatic heterocycles. The van der Waals surface area contributed by atoms with E-state index in [-0.39, 0.29) is 10.8 Å². The molecule has 0 unspecified atom stereocenters. The van der Waals surface area contributed by atoms with Gasteiger partial charge in [-0.25, -0.2) is 0 Å². The summed E-state index contributed by atoms with van der Waals surface area (Å²) in [5.74, 6) is 0.304. The molecule has 0 spiro atoms. The maximum absolute atomic E-state index is 11.8. The van der Waals surface area contributed by atoms with Gasteiger partial charge in [-0.2, -0.15) is 0 Å². The lowest BCUT2D eigenvalue weighted by Gasteiger charge is -2.54. The van der Waals surface area contributed by atoms with Gasteiger partial charge in [0.1, 0.15) is 0 Å². The summed E-state index contributed by atoms with van der Waals surface area (Å²) in [5, 5.41) is 0. The van der Waals surface area contributed by atoms with Crippen molar-refractivity contribution in [1.82, 2.24) is 0 Å². The molecule has 0 radical (unpaired) electrons. The summed E-state index contributed by atoms with van der Waals surface area (Å²) in [4.78, 5) is 11.8. The Balaban J connectivity index is 1.66. The first-order valence-corrected chi connectivity index (χ1v) is 6.73. The summed E-state index contributed by atoms with van der Waals surface area (Å²) in [6.45, 7) is 0. The molecular weight excluding hydrogens is 216 g/mol. The van der Waals surface area contributed by atoms with Gasteiger partial charge < -0.3 is 9.47 Å². The van der Waals surface area contributed by atoms with E-state index in [1.807, 2.05) is 6.08 Å². The number of carbonyl (C=O) groups excluding carboxylic acids is 1. The van der Waals surface area contributed by atoms with Crippen molar-refractivity contribution >= 4 is 5.78 Å². The second-order valence-electron chi connectivity index (χ2n) is 6.66. The highest BCUT2D eigenvalue weighted by molar-refractivity contribution is 5.91. The number of hydrogen-bond donors (Lipinski definition) is 0. The van der Waals surface area contributed by atoms with E-state index in [1.165, 1.54) is 0 Å².